The first-order valence-electron chi connectivity index (χ1n) is 3.43. The van der Waals surface area contributed by atoms with Crippen molar-refractivity contribution in [1.82, 2.24) is 19.9 Å². The molecule has 0 saturated heterocycles. The Morgan fingerprint density at radius 3 is 3.08 bits per heavy atom. The molecule has 0 aliphatic heterocycles. The van der Waals surface area contributed by atoms with Crippen LogP contribution in [0, 0.1) is 5.41 Å². The molecule has 0 aliphatic rings. The van der Waals surface area contributed by atoms with Crippen LogP contribution in [-0.4, -0.2) is 25.1 Å². The molecule has 0 spiro atoms. The Morgan fingerprint density at radius 1 is 1.46 bits per heavy atom. The van der Waals surface area contributed by atoms with Gasteiger partial charge in [0, 0.05) is 0 Å². The number of amidine groups is 1. The van der Waals surface area contributed by atoms with Gasteiger partial charge in [-0.1, -0.05) is 0 Å². The highest BCUT2D eigenvalue weighted by Gasteiger charge is 2.06. The minimum atomic E-state index is -0.00500. The maximum absolute atomic E-state index is 7.11. The average molecular weight is 194 g/mol. The molecular formula is C6H6N6S. The fourth-order valence-electron chi connectivity index (χ4n) is 0.924. The lowest BCUT2D eigenvalue weighted by Crippen LogP contribution is -2.04. The fourth-order valence-corrected chi connectivity index (χ4v) is 1.48. The quantitative estimate of drug-likeness (QED) is 0.263. The van der Waals surface area contributed by atoms with Crippen molar-refractivity contribution in [2.45, 2.75) is 5.03 Å². The number of nitrogens with one attached hydrogen (secondary N) is 2. The second kappa shape index (κ2) is 3.02. The fraction of sp³-hybridized carbons (Fsp3) is 0. The van der Waals surface area contributed by atoms with Crippen LogP contribution in [0.25, 0.3) is 11.2 Å². The summed E-state index contributed by atoms with van der Waals surface area (Å²) in [4.78, 5) is 14.7. The van der Waals surface area contributed by atoms with Crippen LogP contribution in [0.15, 0.2) is 17.7 Å². The minimum absolute atomic E-state index is 0.00500. The highest BCUT2D eigenvalue weighted by atomic mass is 32.2. The van der Waals surface area contributed by atoms with Gasteiger partial charge < -0.3 is 10.7 Å². The number of H-pyrrole nitrogens is 1. The summed E-state index contributed by atoms with van der Waals surface area (Å²) in [6.07, 6.45) is 2.93. The molecule has 6 nitrogen and oxygen atoms in total. The van der Waals surface area contributed by atoms with Crippen LogP contribution < -0.4 is 5.73 Å². The van der Waals surface area contributed by atoms with Crippen molar-refractivity contribution < 1.29 is 0 Å². The molecule has 4 N–H and O–H groups in total. The van der Waals surface area contributed by atoms with E-state index in [4.69, 9.17) is 11.1 Å². The van der Waals surface area contributed by atoms with Crippen LogP contribution in [0.5, 0.6) is 0 Å². The number of aromatic nitrogens is 4. The van der Waals surface area contributed by atoms with E-state index in [0.29, 0.717) is 16.2 Å². The topological polar surface area (TPSA) is 104 Å². The number of hydrogen-bond donors (Lipinski definition) is 3. The van der Waals surface area contributed by atoms with Crippen LogP contribution in [0.1, 0.15) is 0 Å². The van der Waals surface area contributed by atoms with Gasteiger partial charge in [-0.05, 0) is 11.8 Å². The number of hydrogen-bond acceptors (Lipinski definition) is 5. The van der Waals surface area contributed by atoms with E-state index in [1.807, 2.05) is 0 Å². The minimum Gasteiger partial charge on any atom is -0.378 e. The predicted molar refractivity (Wildman–Crippen MR) is 49.5 cm³/mol. The van der Waals surface area contributed by atoms with E-state index < -0.39 is 0 Å². The smallest absolute Gasteiger partial charge is 0.181 e. The molecule has 0 fully saturated rings. The number of aromatic amines is 1. The number of nitrogens with two attached hydrogens (primary N) is 1. The monoisotopic (exact) mass is 194 g/mol. The Morgan fingerprint density at radius 2 is 2.31 bits per heavy atom. The molecule has 0 atom stereocenters. The normalized spacial score (nSPS) is 10.5. The average Bonchev–Trinajstić information content (AvgIpc) is 2.51. The zero-order valence-corrected chi connectivity index (χ0v) is 7.30. The molecule has 0 saturated carbocycles. The van der Waals surface area contributed by atoms with Crippen LogP contribution >= 0.6 is 11.8 Å². The maximum atomic E-state index is 7.11. The van der Waals surface area contributed by atoms with E-state index in [1.54, 1.807) is 0 Å². The first kappa shape index (κ1) is 7.99. The lowest BCUT2D eigenvalue weighted by atomic mass is 10.6. The summed E-state index contributed by atoms with van der Waals surface area (Å²) < 4.78 is 0. The van der Waals surface area contributed by atoms with Crippen LogP contribution in [0.2, 0.25) is 0 Å². The van der Waals surface area contributed by atoms with Crippen molar-refractivity contribution in [1.29, 1.82) is 5.41 Å². The lowest BCUT2D eigenvalue weighted by Gasteiger charge is -1.97. The summed E-state index contributed by atoms with van der Waals surface area (Å²) in [6.45, 7) is 0. The molecular weight excluding hydrogens is 188 g/mol. The van der Waals surface area contributed by atoms with Gasteiger partial charge in [0.2, 0.25) is 0 Å². The number of fused-ring (bicyclic) bond motifs is 1. The van der Waals surface area contributed by atoms with Gasteiger partial charge in [-0.15, -0.1) is 0 Å². The Bertz CT molecular complexity index is 449. The third-order valence-electron chi connectivity index (χ3n) is 1.39. The zero-order chi connectivity index (χ0) is 9.26. The van der Waals surface area contributed by atoms with E-state index in [2.05, 4.69) is 19.9 Å². The molecule has 66 valence electrons. The molecule has 0 aliphatic carbocycles. The molecule has 0 bridgehead atoms. The van der Waals surface area contributed by atoms with E-state index in [1.165, 1.54) is 12.7 Å². The highest BCUT2D eigenvalue weighted by molar-refractivity contribution is 8.13. The van der Waals surface area contributed by atoms with Crippen molar-refractivity contribution in [3.05, 3.63) is 12.7 Å². The highest BCUT2D eigenvalue weighted by Crippen LogP contribution is 2.20. The van der Waals surface area contributed by atoms with Gasteiger partial charge in [-0.2, -0.15) is 0 Å². The van der Waals surface area contributed by atoms with Crippen molar-refractivity contribution >= 4 is 28.1 Å². The van der Waals surface area contributed by atoms with Crippen LogP contribution in [-0.2, 0) is 0 Å². The largest absolute Gasteiger partial charge is 0.378 e. The summed E-state index contributed by atoms with van der Waals surface area (Å²) in [6, 6.07) is 0. The van der Waals surface area contributed by atoms with E-state index in [-0.39, 0.29) is 5.17 Å². The predicted octanol–water partition coefficient (Wildman–Crippen LogP) is 0.338. The summed E-state index contributed by atoms with van der Waals surface area (Å²) >= 11 is 1.07. The van der Waals surface area contributed by atoms with Gasteiger partial charge in [0.1, 0.15) is 16.9 Å². The van der Waals surface area contributed by atoms with Gasteiger partial charge >= 0.3 is 0 Å². The van der Waals surface area contributed by atoms with E-state index in [9.17, 15) is 0 Å². The molecule has 7 heteroatoms. The second-order valence-corrected chi connectivity index (χ2v) is 3.28. The van der Waals surface area contributed by atoms with Crippen molar-refractivity contribution in [2.75, 3.05) is 0 Å². The third-order valence-corrected chi connectivity index (χ3v) is 2.12. The first-order valence-corrected chi connectivity index (χ1v) is 4.25. The Kier molecular flexibility index (Phi) is 1.85. The molecule has 0 amide bonds. The lowest BCUT2D eigenvalue weighted by molar-refractivity contribution is 1.09. The van der Waals surface area contributed by atoms with Crippen molar-refractivity contribution in [3.63, 3.8) is 0 Å². The van der Waals surface area contributed by atoms with Gasteiger partial charge in [-0.3, -0.25) is 5.41 Å². The van der Waals surface area contributed by atoms with Crippen molar-refractivity contribution in [3.8, 4) is 0 Å². The Hall–Kier alpha value is -1.63. The van der Waals surface area contributed by atoms with Crippen LogP contribution in [0.3, 0.4) is 0 Å². The number of rotatable bonds is 1. The maximum Gasteiger partial charge on any atom is 0.181 e. The second-order valence-electron chi connectivity index (χ2n) is 2.25. The Balaban J connectivity index is 2.54. The summed E-state index contributed by atoms with van der Waals surface area (Å²) in [5, 5.41) is 7.72. The molecule has 0 unspecified atom stereocenters. The van der Waals surface area contributed by atoms with Gasteiger partial charge in [0.05, 0.1) is 6.33 Å². The molecule has 13 heavy (non-hydrogen) atoms. The van der Waals surface area contributed by atoms with E-state index in [0.717, 1.165) is 11.8 Å². The third kappa shape index (κ3) is 1.45. The zero-order valence-electron chi connectivity index (χ0n) is 6.48. The first-order chi connectivity index (χ1) is 6.27. The number of imidazole rings is 1. The summed E-state index contributed by atoms with van der Waals surface area (Å²) in [5.41, 5.74) is 6.53. The molecule has 2 rings (SSSR count). The van der Waals surface area contributed by atoms with E-state index >= 15 is 0 Å². The standard InChI is InChI=1S/C6H6N6S/c7-6(8)13-5-3-4(10-1-9-3)11-2-12-5/h1-2H,(H3,7,8)(H,9,10,11,12). The molecule has 2 aromatic rings. The molecule has 0 radical (unpaired) electrons. The Labute approximate surface area is 77.5 Å². The van der Waals surface area contributed by atoms with Gasteiger partial charge in [0.25, 0.3) is 0 Å². The molecule has 2 aromatic heterocycles. The number of nitrogens with zero attached hydrogens (tertiary/aromatic N) is 3. The summed E-state index contributed by atoms with van der Waals surface area (Å²) in [5.74, 6) is 0. The molecule has 0 aromatic carbocycles. The molecule has 2 heterocycles. The summed E-state index contributed by atoms with van der Waals surface area (Å²) in [7, 11) is 0. The van der Waals surface area contributed by atoms with Gasteiger partial charge in [-0.25, -0.2) is 15.0 Å². The van der Waals surface area contributed by atoms with Crippen molar-refractivity contribution in [2.24, 2.45) is 5.73 Å². The van der Waals surface area contributed by atoms with Crippen LogP contribution in [0.4, 0.5) is 0 Å². The number of thioether (sulfide) groups is 1. The SMILES string of the molecule is N=C(N)Sc1ncnc2nc[nH]c12. The van der Waals surface area contributed by atoms with Gasteiger partial charge in [0.15, 0.2) is 10.8 Å².